The van der Waals surface area contributed by atoms with Gasteiger partial charge in [-0.15, -0.1) is 0 Å². The van der Waals surface area contributed by atoms with Crippen molar-refractivity contribution in [1.29, 1.82) is 0 Å². The molecule has 1 aliphatic rings. The van der Waals surface area contributed by atoms with E-state index in [4.69, 9.17) is 0 Å². The van der Waals surface area contributed by atoms with Crippen molar-refractivity contribution in [1.82, 2.24) is 0 Å². The molecule has 0 spiro atoms. The summed E-state index contributed by atoms with van der Waals surface area (Å²) in [6.07, 6.45) is 28.3. The third-order valence-corrected chi connectivity index (χ3v) is 8.66. The van der Waals surface area contributed by atoms with E-state index >= 15 is 0 Å². The molecule has 196 valence electrons. The summed E-state index contributed by atoms with van der Waals surface area (Å²) < 4.78 is 33.9. The minimum Gasteiger partial charge on any atom is -0.282 e. The van der Waals surface area contributed by atoms with E-state index in [0.717, 1.165) is 49.7 Å². The molecule has 4 heteroatoms. The molecule has 0 bridgehead atoms. The van der Waals surface area contributed by atoms with Gasteiger partial charge >= 0.3 is 0 Å². The molecule has 0 atom stereocenters. The van der Waals surface area contributed by atoms with Crippen LogP contribution in [0.2, 0.25) is 0 Å². The van der Waals surface area contributed by atoms with Crippen LogP contribution in [0.4, 0.5) is 0 Å². The third-order valence-electron chi connectivity index (χ3n) is 7.75. The predicted octanol–water partition coefficient (Wildman–Crippen LogP) is 9.78. The van der Waals surface area contributed by atoms with Gasteiger partial charge in [0.1, 0.15) is 0 Å². The van der Waals surface area contributed by atoms with E-state index in [1.54, 1.807) is 12.1 Å². The number of aryl methyl sites for hydroxylation is 1. The molecule has 1 saturated carbocycles. The Bertz CT molecular complexity index is 750. The fourth-order valence-corrected chi connectivity index (χ4v) is 6.58. The highest BCUT2D eigenvalue weighted by Gasteiger charge is 2.26. The van der Waals surface area contributed by atoms with Crippen molar-refractivity contribution >= 4 is 10.1 Å². The van der Waals surface area contributed by atoms with Crippen LogP contribution in [-0.2, 0) is 16.5 Å². The molecular formula is C30H52O3S. The molecule has 0 aliphatic heterocycles. The first kappa shape index (κ1) is 29.4. The second-order valence-electron chi connectivity index (χ2n) is 10.7. The van der Waals surface area contributed by atoms with Gasteiger partial charge in [0.05, 0.1) is 4.90 Å². The monoisotopic (exact) mass is 492 g/mol. The highest BCUT2D eigenvalue weighted by atomic mass is 32.2. The molecule has 0 radical (unpaired) electrons. The Kier molecular flexibility index (Phi) is 15.1. The molecule has 1 N–H and O–H groups in total. The molecular weight excluding hydrogens is 440 g/mol. The molecule has 3 nitrogen and oxygen atoms in total. The normalized spacial score (nSPS) is 15.1. The maximum absolute atomic E-state index is 12.0. The number of rotatable bonds is 19. The lowest BCUT2D eigenvalue weighted by molar-refractivity contribution is 0.431. The molecule has 1 aromatic carbocycles. The molecule has 0 aromatic heterocycles. The fourth-order valence-electron chi connectivity index (χ4n) is 5.75. The largest absolute Gasteiger partial charge is 0.294 e. The molecule has 0 amide bonds. The topological polar surface area (TPSA) is 54.4 Å². The molecule has 1 fully saturated rings. The van der Waals surface area contributed by atoms with Crippen molar-refractivity contribution in [2.24, 2.45) is 0 Å². The lowest BCUT2D eigenvalue weighted by Crippen LogP contribution is -2.13. The Hall–Kier alpha value is -0.870. The van der Waals surface area contributed by atoms with E-state index in [1.807, 2.05) is 0 Å². The quantitative estimate of drug-likeness (QED) is 0.154. The van der Waals surface area contributed by atoms with Crippen LogP contribution >= 0.6 is 0 Å². The van der Waals surface area contributed by atoms with E-state index in [9.17, 15) is 13.0 Å². The average molecular weight is 493 g/mol. The Morgan fingerprint density at radius 3 is 1.65 bits per heavy atom. The van der Waals surface area contributed by atoms with Gasteiger partial charge in [-0.05, 0) is 48.8 Å². The Morgan fingerprint density at radius 2 is 1.18 bits per heavy atom. The van der Waals surface area contributed by atoms with Crippen molar-refractivity contribution in [3.63, 3.8) is 0 Å². The lowest BCUT2D eigenvalue weighted by Gasteiger charge is -2.26. The van der Waals surface area contributed by atoms with Crippen LogP contribution in [0.15, 0.2) is 23.1 Å². The molecule has 2 rings (SSSR count). The first-order valence-electron chi connectivity index (χ1n) is 14.6. The van der Waals surface area contributed by atoms with Gasteiger partial charge in [-0.25, -0.2) is 0 Å². The molecule has 0 heterocycles. The van der Waals surface area contributed by atoms with Crippen LogP contribution in [0.25, 0.3) is 0 Å². The van der Waals surface area contributed by atoms with E-state index in [-0.39, 0.29) is 10.8 Å². The first-order valence-corrected chi connectivity index (χ1v) is 16.1. The molecule has 0 unspecified atom stereocenters. The minimum atomic E-state index is -4.17. The van der Waals surface area contributed by atoms with Crippen LogP contribution in [0.3, 0.4) is 0 Å². The number of benzene rings is 1. The SMILES string of the molecule is CCCCCCCCCCCCCCCCCCc1cccc(S(=O)(=O)O)c1C1CCCCC1. The van der Waals surface area contributed by atoms with E-state index in [1.165, 1.54) is 103 Å². The van der Waals surface area contributed by atoms with Crippen molar-refractivity contribution in [2.75, 3.05) is 0 Å². The van der Waals surface area contributed by atoms with Crippen LogP contribution in [-0.4, -0.2) is 13.0 Å². The summed E-state index contributed by atoms with van der Waals surface area (Å²) >= 11 is 0. The average Bonchev–Trinajstić information content (AvgIpc) is 2.83. The number of hydrogen-bond donors (Lipinski definition) is 1. The van der Waals surface area contributed by atoms with Gasteiger partial charge in [-0.2, -0.15) is 8.42 Å². The van der Waals surface area contributed by atoms with Gasteiger partial charge in [0.25, 0.3) is 10.1 Å². The zero-order valence-corrected chi connectivity index (χ0v) is 22.9. The summed E-state index contributed by atoms with van der Waals surface area (Å²) in [6, 6.07) is 5.48. The van der Waals surface area contributed by atoms with E-state index in [2.05, 4.69) is 13.0 Å². The van der Waals surface area contributed by atoms with Gasteiger partial charge in [0, 0.05) is 0 Å². The maximum Gasteiger partial charge on any atom is 0.294 e. The summed E-state index contributed by atoms with van der Waals surface area (Å²) in [6.45, 7) is 2.28. The van der Waals surface area contributed by atoms with Crippen LogP contribution in [0.5, 0.6) is 0 Å². The fraction of sp³-hybridized carbons (Fsp3) is 0.800. The van der Waals surface area contributed by atoms with Gasteiger partial charge in [0.2, 0.25) is 0 Å². The number of hydrogen-bond acceptors (Lipinski definition) is 2. The van der Waals surface area contributed by atoms with Crippen molar-refractivity contribution in [3.05, 3.63) is 29.3 Å². The number of unbranched alkanes of at least 4 members (excludes halogenated alkanes) is 15. The van der Waals surface area contributed by atoms with Crippen LogP contribution in [0, 0.1) is 0 Å². The molecule has 1 aliphatic carbocycles. The Labute approximate surface area is 211 Å². The van der Waals surface area contributed by atoms with Crippen molar-refractivity contribution in [2.45, 2.75) is 159 Å². The van der Waals surface area contributed by atoms with Gasteiger partial charge in [0.15, 0.2) is 0 Å². The first-order chi connectivity index (χ1) is 16.5. The summed E-state index contributed by atoms with van der Waals surface area (Å²) in [5.74, 6) is 0.280. The van der Waals surface area contributed by atoms with Gasteiger partial charge < -0.3 is 0 Å². The Balaban J connectivity index is 1.58. The standard InChI is InChI=1S/C30H52O3S/c1-2-3-4-5-6-7-8-9-10-11-12-13-14-15-16-18-22-28-25-21-26-29(34(31,32)33)30(28)27-23-19-17-20-24-27/h21,25-27H,2-20,22-24H2,1H3,(H,31,32,33). The van der Waals surface area contributed by atoms with Crippen LogP contribution < -0.4 is 0 Å². The predicted molar refractivity (Wildman–Crippen MR) is 145 cm³/mol. The summed E-state index contributed by atoms with van der Waals surface area (Å²) in [7, 11) is -4.17. The highest BCUT2D eigenvalue weighted by molar-refractivity contribution is 7.85. The zero-order chi connectivity index (χ0) is 24.5. The summed E-state index contributed by atoms with van der Waals surface area (Å²) in [4.78, 5) is 0.161. The maximum atomic E-state index is 12.0. The van der Waals surface area contributed by atoms with E-state index in [0.29, 0.717) is 0 Å². The third kappa shape index (κ3) is 11.7. The van der Waals surface area contributed by atoms with E-state index < -0.39 is 10.1 Å². The molecule has 0 saturated heterocycles. The Morgan fingerprint density at radius 1 is 0.706 bits per heavy atom. The second-order valence-corrected chi connectivity index (χ2v) is 12.1. The molecule has 34 heavy (non-hydrogen) atoms. The van der Waals surface area contributed by atoms with Gasteiger partial charge in [-0.1, -0.05) is 135 Å². The summed E-state index contributed by atoms with van der Waals surface area (Å²) in [5, 5.41) is 0. The minimum absolute atomic E-state index is 0.161. The van der Waals surface area contributed by atoms with Crippen molar-refractivity contribution < 1.29 is 13.0 Å². The summed E-state index contributed by atoms with van der Waals surface area (Å²) in [5.41, 5.74) is 2.07. The van der Waals surface area contributed by atoms with Crippen LogP contribution in [0.1, 0.15) is 159 Å². The highest BCUT2D eigenvalue weighted by Crippen LogP contribution is 2.38. The smallest absolute Gasteiger partial charge is 0.282 e. The molecule has 1 aromatic rings. The van der Waals surface area contributed by atoms with Crippen molar-refractivity contribution in [3.8, 4) is 0 Å². The lowest BCUT2D eigenvalue weighted by atomic mass is 9.81. The van der Waals surface area contributed by atoms with Gasteiger partial charge in [-0.3, -0.25) is 4.55 Å². The zero-order valence-electron chi connectivity index (χ0n) is 22.0. The second kappa shape index (κ2) is 17.5.